The number of H-pyrrole nitrogens is 1. The summed E-state index contributed by atoms with van der Waals surface area (Å²) < 4.78 is 0. The average Bonchev–Trinajstić information content (AvgIpc) is 2.74. The highest BCUT2D eigenvalue weighted by Crippen LogP contribution is 2.28. The minimum Gasteiger partial charge on any atom is -0.357 e. The number of likely N-dealkylation sites (tertiary alicyclic amines) is 1. The molecule has 2 rings (SSSR count). The van der Waals surface area contributed by atoms with Crippen molar-refractivity contribution in [1.82, 2.24) is 9.88 Å². The Morgan fingerprint density at radius 3 is 3.00 bits per heavy atom. The molecule has 1 aromatic heterocycles. The average molecular weight is 221 g/mol. The second-order valence-corrected chi connectivity index (χ2v) is 5.11. The molecule has 0 aromatic carbocycles. The van der Waals surface area contributed by atoms with E-state index in [4.69, 9.17) is 5.73 Å². The van der Waals surface area contributed by atoms with Crippen molar-refractivity contribution in [3.63, 3.8) is 0 Å². The molecule has 4 heteroatoms. The molecule has 88 valence electrons. The minimum atomic E-state index is -0.0991. The molecular formula is C12H19N3O. The lowest BCUT2D eigenvalue weighted by Crippen LogP contribution is -2.56. The van der Waals surface area contributed by atoms with Crippen LogP contribution in [0.2, 0.25) is 0 Å². The molecule has 0 radical (unpaired) electrons. The van der Waals surface area contributed by atoms with Gasteiger partial charge in [0.25, 0.3) is 5.91 Å². The number of aromatic nitrogens is 1. The first-order valence-electron chi connectivity index (χ1n) is 5.71. The number of nitrogens with one attached hydrogen (secondary N) is 1. The molecule has 1 saturated heterocycles. The molecule has 0 bridgehead atoms. The number of hydrogen-bond donors (Lipinski definition) is 2. The van der Waals surface area contributed by atoms with E-state index >= 15 is 0 Å². The largest absolute Gasteiger partial charge is 0.357 e. The maximum atomic E-state index is 12.3. The van der Waals surface area contributed by atoms with Crippen LogP contribution in [0.15, 0.2) is 18.3 Å². The highest BCUT2D eigenvalue weighted by molar-refractivity contribution is 5.93. The van der Waals surface area contributed by atoms with Crippen molar-refractivity contribution in [2.45, 2.75) is 38.3 Å². The predicted octanol–water partition coefficient (Wildman–Crippen LogP) is 1.36. The van der Waals surface area contributed by atoms with Crippen LogP contribution >= 0.6 is 0 Å². The number of piperidine rings is 1. The summed E-state index contributed by atoms with van der Waals surface area (Å²) in [7, 11) is 0. The van der Waals surface area contributed by atoms with E-state index in [0.717, 1.165) is 12.8 Å². The first kappa shape index (κ1) is 11.2. The Labute approximate surface area is 95.8 Å². The second-order valence-electron chi connectivity index (χ2n) is 5.11. The third-order valence-corrected chi connectivity index (χ3v) is 3.35. The van der Waals surface area contributed by atoms with E-state index in [0.29, 0.717) is 12.2 Å². The van der Waals surface area contributed by atoms with Crippen molar-refractivity contribution in [2.75, 3.05) is 6.54 Å². The monoisotopic (exact) mass is 221 g/mol. The molecule has 1 amide bonds. The Kier molecular flexibility index (Phi) is 2.76. The van der Waals surface area contributed by atoms with Crippen LogP contribution in [0.25, 0.3) is 0 Å². The van der Waals surface area contributed by atoms with Gasteiger partial charge in [-0.3, -0.25) is 4.79 Å². The van der Waals surface area contributed by atoms with E-state index in [2.05, 4.69) is 18.8 Å². The fourth-order valence-corrected chi connectivity index (χ4v) is 2.21. The van der Waals surface area contributed by atoms with Crippen LogP contribution in [0.1, 0.15) is 37.2 Å². The minimum absolute atomic E-state index is 0.0464. The summed E-state index contributed by atoms with van der Waals surface area (Å²) in [6.07, 6.45) is 3.71. The fourth-order valence-electron chi connectivity index (χ4n) is 2.21. The van der Waals surface area contributed by atoms with Crippen molar-refractivity contribution >= 4 is 5.91 Å². The molecule has 1 fully saturated rings. The van der Waals surface area contributed by atoms with Crippen LogP contribution < -0.4 is 5.73 Å². The maximum Gasteiger partial charge on any atom is 0.270 e. The molecule has 0 aliphatic carbocycles. The van der Waals surface area contributed by atoms with Gasteiger partial charge in [0.05, 0.1) is 0 Å². The molecule has 16 heavy (non-hydrogen) atoms. The molecule has 1 unspecified atom stereocenters. The summed E-state index contributed by atoms with van der Waals surface area (Å²) in [5.74, 6) is 0.0464. The van der Waals surface area contributed by atoms with E-state index in [1.54, 1.807) is 12.3 Å². The fraction of sp³-hybridized carbons (Fsp3) is 0.583. The van der Waals surface area contributed by atoms with Crippen LogP contribution in [0.4, 0.5) is 0 Å². The number of nitrogens with zero attached hydrogens (tertiary/aromatic N) is 1. The quantitative estimate of drug-likeness (QED) is 0.752. The SMILES string of the molecule is CC1(C)CCC(N)CN1C(=O)c1ccc[nH]1. The van der Waals surface area contributed by atoms with Gasteiger partial charge in [0, 0.05) is 24.3 Å². The number of amides is 1. The lowest BCUT2D eigenvalue weighted by atomic mass is 9.88. The molecule has 0 saturated carbocycles. The van der Waals surface area contributed by atoms with Crippen LogP contribution in [-0.2, 0) is 0 Å². The van der Waals surface area contributed by atoms with Crippen LogP contribution in [0.5, 0.6) is 0 Å². The topological polar surface area (TPSA) is 62.1 Å². The van der Waals surface area contributed by atoms with Gasteiger partial charge in [-0.1, -0.05) is 0 Å². The zero-order valence-electron chi connectivity index (χ0n) is 9.86. The first-order chi connectivity index (χ1) is 7.50. The van der Waals surface area contributed by atoms with Gasteiger partial charge in [-0.15, -0.1) is 0 Å². The lowest BCUT2D eigenvalue weighted by molar-refractivity contribution is 0.0390. The third kappa shape index (κ3) is 1.97. The lowest BCUT2D eigenvalue weighted by Gasteiger charge is -2.44. The Morgan fingerprint density at radius 1 is 1.62 bits per heavy atom. The van der Waals surface area contributed by atoms with Crippen LogP contribution in [-0.4, -0.2) is 33.9 Å². The van der Waals surface area contributed by atoms with E-state index in [1.165, 1.54) is 0 Å². The van der Waals surface area contributed by atoms with Gasteiger partial charge in [-0.25, -0.2) is 0 Å². The van der Waals surface area contributed by atoms with E-state index < -0.39 is 0 Å². The van der Waals surface area contributed by atoms with Crippen molar-refractivity contribution < 1.29 is 4.79 Å². The Morgan fingerprint density at radius 2 is 2.38 bits per heavy atom. The highest BCUT2D eigenvalue weighted by Gasteiger charge is 2.36. The number of rotatable bonds is 1. The molecule has 1 atom stereocenters. The normalized spacial score (nSPS) is 24.4. The van der Waals surface area contributed by atoms with Crippen LogP contribution in [0, 0.1) is 0 Å². The van der Waals surface area contributed by atoms with Crippen LogP contribution in [0.3, 0.4) is 0 Å². The Balaban J connectivity index is 2.21. The van der Waals surface area contributed by atoms with Gasteiger partial charge >= 0.3 is 0 Å². The molecule has 1 aromatic rings. The molecule has 0 spiro atoms. The maximum absolute atomic E-state index is 12.3. The van der Waals surface area contributed by atoms with E-state index in [-0.39, 0.29) is 17.5 Å². The molecule has 4 nitrogen and oxygen atoms in total. The highest BCUT2D eigenvalue weighted by atomic mass is 16.2. The van der Waals surface area contributed by atoms with Gasteiger partial charge in [0.1, 0.15) is 5.69 Å². The summed E-state index contributed by atoms with van der Waals surface area (Å²) in [6.45, 7) is 4.84. The smallest absolute Gasteiger partial charge is 0.270 e. The number of nitrogens with two attached hydrogens (primary N) is 1. The molecule has 2 heterocycles. The zero-order valence-corrected chi connectivity index (χ0v) is 9.86. The zero-order chi connectivity index (χ0) is 11.8. The second kappa shape index (κ2) is 3.94. The standard InChI is InChI=1S/C12H19N3O/c1-12(2)6-5-9(13)8-15(12)11(16)10-4-3-7-14-10/h3-4,7,9,14H,5-6,8,13H2,1-2H3. The van der Waals surface area contributed by atoms with Gasteiger partial charge in [-0.2, -0.15) is 0 Å². The number of aromatic amines is 1. The number of carbonyl (C=O) groups is 1. The molecule has 3 N–H and O–H groups in total. The summed E-state index contributed by atoms with van der Waals surface area (Å²) >= 11 is 0. The van der Waals surface area contributed by atoms with Crippen molar-refractivity contribution in [3.05, 3.63) is 24.0 Å². The molecule has 1 aliphatic heterocycles. The third-order valence-electron chi connectivity index (χ3n) is 3.35. The Hall–Kier alpha value is -1.29. The molecule has 1 aliphatic rings. The van der Waals surface area contributed by atoms with Crippen molar-refractivity contribution in [3.8, 4) is 0 Å². The number of hydrogen-bond acceptors (Lipinski definition) is 2. The predicted molar refractivity (Wildman–Crippen MR) is 63.1 cm³/mol. The summed E-state index contributed by atoms with van der Waals surface area (Å²) in [5.41, 5.74) is 6.48. The van der Waals surface area contributed by atoms with Gasteiger partial charge in [0.15, 0.2) is 0 Å². The van der Waals surface area contributed by atoms with E-state index in [1.807, 2.05) is 11.0 Å². The molecular weight excluding hydrogens is 202 g/mol. The van der Waals surface area contributed by atoms with E-state index in [9.17, 15) is 4.79 Å². The van der Waals surface area contributed by atoms with Gasteiger partial charge in [0.2, 0.25) is 0 Å². The Bertz CT molecular complexity index is 370. The number of carbonyl (C=O) groups excluding carboxylic acids is 1. The van der Waals surface area contributed by atoms with Crippen molar-refractivity contribution in [1.29, 1.82) is 0 Å². The van der Waals surface area contributed by atoms with Gasteiger partial charge < -0.3 is 15.6 Å². The summed E-state index contributed by atoms with van der Waals surface area (Å²) in [5, 5.41) is 0. The summed E-state index contributed by atoms with van der Waals surface area (Å²) in [6, 6.07) is 3.75. The first-order valence-corrected chi connectivity index (χ1v) is 5.71. The summed E-state index contributed by atoms with van der Waals surface area (Å²) in [4.78, 5) is 17.1. The van der Waals surface area contributed by atoms with Crippen molar-refractivity contribution in [2.24, 2.45) is 5.73 Å². The van der Waals surface area contributed by atoms with Gasteiger partial charge in [-0.05, 0) is 38.8 Å².